The Hall–Kier alpha value is -1.99. The fourth-order valence-corrected chi connectivity index (χ4v) is 5.63. The molecule has 160 valence electrons. The molecule has 0 radical (unpaired) electrons. The van der Waals surface area contributed by atoms with E-state index in [0.717, 1.165) is 38.2 Å². The molecule has 1 saturated carbocycles. The molecule has 1 aromatic carbocycles. The smallest absolute Gasteiger partial charge is 0.257 e. The second-order valence-electron chi connectivity index (χ2n) is 8.51. The molecule has 1 amide bonds. The first-order chi connectivity index (χ1) is 14.4. The molecule has 3 aliphatic carbocycles. The molecule has 30 heavy (non-hydrogen) atoms. The average Bonchev–Trinajstić information content (AvgIpc) is 3.58. The van der Waals surface area contributed by atoms with E-state index in [1.807, 2.05) is 12.1 Å². The van der Waals surface area contributed by atoms with E-state index in [1.54, 1.807) is 0 Å². The highest BCUT2D eigenvalue weighted by atomic mass is 32.2. The van der Waals surface area contributed by atoms with Gasteiger partial charge in [-0.2, -0.15) is 5.10 Å². The van der Waals surface area contributed by atoms with Gasteiger partial charge in [-0.25, -0.2) is 14.2 Å². The van der Waals surface area contributed by atoms with Gasteiger partial charge in [0.25, 0.3) is 5.91 Å². The third-order valence-corrected chi connectivity index (χ3v) is 7.58. The average molecular weight is 432 g/mol. The number of hydrogen-bond acceptors (Lipinski definition) is 4. The maximum absolute atomic E-state index is 14.7. The summed E-state index contributed by atoms with van der Waals surface area (Å²) < 4.78 is 28.4. The number of thioether (sulfide) groups is 1. The number of rotatable bonds is 5. The molecule has 3 aliphatic rings. The van der Waals surface area contributed by atoms with Gasteiger partial charge >= 0.3 is 0 Å². The number of allylic oxidation sites excluding steroid dienone is 4. The van der Waals surface area contributed by atoms with Crippen molar-refractivity contribution in [1.82, 2.24) is 5.43 Å². The van der Waals surface area contributed by atoms with Crippen molar-refractivity contribution in [3.63, 3.8) is 0 Å². The molecule has 4 rings (SSSR count). The summed E-state index contributed by atoms with van der Waals surface area (Å²) in [6.45, 7) is 2.11. The maximum Gasteiger partial charge on any atom is 0.257 e. The fraction of sp³-hybridized carbons (Fsp3) is 0.478. The first-order valence-corrected chi connectivity index (χ1v) is 11.3. The van der Waals surface area contributed by atoms with Gasteiger partial charge in [0.1, 0.15) is 17.0 Å². The lowest BCUT2D eigenvalue weighted by molar-refractivity contribution is -0.122. The highest BCUT2D eigenvalue weighted by Gasteiger charge is 2.38. The summed E-state index contributed by atoms with van der Waals surface area (Å²) in [4.78, 5) is 12.4. The van der Waals surface area contributed by atoms with Gasteiger partial charge in [-0.3, -0.25) is 4.79 Å². The van der Waals surface area contributed by atoms with Crippen molar-refractivity contribution >= 4 is 22.7 Å². The predicted molar refractivity (Wildman–Crippen MR) is 117 cm³/mol. The number of alkyl halides is 1. The Morgan fingerprint density at radius 2 is 2.13 bits per heavy atom. The summed E-state index contributed by atoms with van der Waals surface area (Å²) in [5.74, 6) is -1.58. The Kier molecular flexibility index (Phi) is 6.11. The zero-order valence-electron chi connectivity index (χ0n) is 17.0. The molecule has 0 saturated heterocycles. The monoisotopic (exact) mass is 431 g/mol. The molecule has 0 bridgehead atoms. The Balaban J connectivity index is 1.63. The number of nitrogens with two attached hydrogens (primary N) is 1. The van der Waals surface area contributed by atoms with Crippen LogP contribution in [0, 0.1) is 11.8 Å². The first-order valence-electron chi connectivity index (χ1n) is 10.5. The molecular formula is C23H27F2N3OS. The highest BCUT2D eigenvalue weighted by molar-refractivity contribution is 8.14. The summed E-state index contributed by atoms with van der Waals surface area (Å²) in [5.41, 5.74) is 10.9. The number of benzene rings is 1. The Labute approximate surface area is 180 Å². The van der Waals surface area contributed by atoms with Gasteiger partial charge < -0.3 is 5.73 Å². The minimum absolute atomic E-state index is 0.183. The number of fused-ring (bicyclic) bond motifs is 1. The van der Waals surface area contributed by atoms with Crippen molar-refractivity contribution < 1.29 is 13.6 Å². The third kappa shape index (κ3) is 4.52. The van der Waals surface area contributed by atoms with E-state index in [-0.39, 0.29) is 16.6 Å². The van der Waals surface area contributed by atoms with Gasteiger partial charge in [0.2, 0.25) is 0 Å². The molecule has 3 N–H and O–H groups in total. The number of carbonyl (C=O) groups is 1. The Bertz CT molecular complexity index is 911. The van der Waals surface area contributed by atoms with Gasteiger partial charge in [-0.15, -0.1) is 0 Å². The van der Waals surface area contributed by atoms with Crippen LogP contribution in [0.4, 0.5) is 8.78 Å². The van der Waals surface area contributed by atoms with Crippen LogP contribution in [0.25, 0.3) is 0 Å². The molecule has 7 heteroatoms. The number of nitrogens with one attached hydrogen (secondary N) is 1. The molecular weight excluding hydrogens is 404 g/mol. The van der Waals surface area contributed by atoms with E-state index in [1.165, 1.54) is 35.0 Å². The van der Waals surface area contributed by atoms with E-state index < -0.39 is 24.0 Å². The summed E-state index contributed by atoms with van der Waals surface area (Å²) >= 11 is 1.41. The summed E-state index contributed by atoms with van der Waals surface area (Å²) in [7, 11) is 0. The van der Waals surface area contributed by atoms with E-state index in [2.05, 4.69) is 29.6 Å². The van der Waals surface area contributed by atoms with Crippen molar-refractivity contribution in [2.24, 2.45) is 22.7 Å². The third-order valence-electron chi connectivity index (χ3n) is 6.13. The fourth-order valence-electron chi connectivity index (χ4n) is 4.19. The van der Waals surface area contributed by atoms with Crippen molar-refractivity contribution in [2.75, 3.05) is 0 Å². The summed E-state index contributed by atoms with van der Waals surface area (Å²) in [6, 6.07) is 7.60. The normalized spacial score (nSPS) is 29.7. The molecule has 0 spiro atoms. The number of hydrogen-bond donors (Lipinski definition) is 2. The van der Waals surface area contributed by atoms with Gasteiger partial charge in [0, 0.05) is 4.75 Å². The highest BCUT2D eigenvalue weighted by Crippen LogP contribution is 2.47. The minimum Gasteiger partial charge on any atom is -0.320 e. The van der Waals surface area contributed by atoms with E-state index in [0.29, 0.717) is 5.04 Å². The van der Waals surface area contributed by atoms with Gasteiger partial charge in [-0.1, -0.05) is 36.0 Å². The van der Waals surface area contributed by atoms with Crippen LogP contribution in [0.3, 0.4) is 0 Å². The van der Waals surface area contributed by atoms with Crippen molar-refractivity contribution in [3.8, 4) is 0 Å². The second-order valence-corrected chi connectivity index (χ2v) is 10.0. The number of amides is 1. The van der Waals surface area contributed by atoms with Crippen molar-refractivity contribution in [2.45, 2.75) is 56.0 Å². The Morgan fingerprint density at radius 3 is 2.90 bits per heavy atom. The molecule has 0 aliphatic heterocycles. The molecule has 0 aromatic heterocycles. The van der Waals surface area contributed by atoms with Crippen LogP contribution in [0.2, 0.25) is 0 Å². The zero-order valence-corrected chi connectivity index (χ0v) is 17.8. The number of hydrazone groups is 1. The standard InChI is InChI=1S/C23H27F2N3OS/c1-23(12-4-6-14-5-2-3-7-18(14)23)30-22(17-13-16(24)10-11-19(17)25)28-27-21(29)20(26)15-8-9-15/h2-3,5,7,10-11,13,15,17,19-20H,4,6,8-9,12,26H2,1H3,(H,27,29)/b28-22-/t17?,19?,20-,23?/m0/s1. The van der Waals surface area contributed by atoms with Crippen LogP contribution in [0.1, 0.15) is 43.7 Å². The first kappa shape index (κ1) is 21.2. The van der Waals surface area contributed by atoms with Crippen LogP contribution < -0.4 is 11.2 Å². The van der Waals surface area contributed by atoms with Gasteiger partial charge in [-0.05, 0) is 74.3 Å². The molecule has 1 aromatic rings. The van der Waals surface area contributed by atoms with Crippen LogP contribution in [-0.2, 0) is 16.0 Å². The SMILES string of the molecule is CC1(S/C(=N\NC(=O)[C@@H](N)C2CC2)C2C=C(F)C=CC2F)CCCc2ccccc21. The lowest BCUT2D eigenvalue weighted by Gasteiger charge is -2.37. The topological polar surface area (TPSA) is 67.5 Å². The lowest BCUT2D eigenvalue weighted by atomic mass is 9.83. The van der Waals surface area contributed by atoms with Crippen molar-refractivity contribution in [1.29, 1.82) is 0 Å². The molecule has 4 nitrogen and oxygen atoms in total. The zero-order chi connectivity index (χ0) is 21.3. The van der Waals surface area contributed by atoms with Crippen LogP contribution in [-0.4, -0.2) is 23.2 Å². The van der Waals surface area contributed by atoms with E-state index >= 15 is 0 Å². The number of carbonyl (C=O) groups excluding carboxylic acids is 1. The second kappa shape index (κ2) is 8.63. The number of aryl methyl sites for hydroxylation is 1. The summed E-state index contributed by atoms with van der Waals surface area (Å²) in [6.07, 6.45) is 6.90. The molecule has 4 atom stereocenters. The van der Waals surface area contributed by atoms with E-state index in [9.17, 15) is 13.6 Å². The lowest BCUT2D eigenvalue weighted by Crippen LogP contribution is -2.41. The van der Waals surface area contributed by atoms with Gasteiger partial charge in [0.05, 0.1) is 12.0 Å². The minimum atomic E-state index is -1.41. The van der Waals surface area contributed by atoms with Crippen LogP contribution in [0.5, 0.6) is 0 Å². The number of halogens is 2. The van der Waals surface area contributed by atoms with Crippen LogP contribution in [0.15, 0.2) is 53.4 Å². The Morgan fingerprint density at radius 1 is 1.37 bits per heavy atom. The maximum atomic E-state index is 14.7. The summed E-state index contributed by atoms with van der Waals surface area (Å²) in [5, 5.41) is 4.65. The van der Waals surface area contributed by atoms with Crippen LogP contribution >= 0.6 is 11.8 Å². The predicted octanol–water partition coefficient (Wildman–Crippen LogP) is 4.52. The largest absolute Gasteiger partial charge is 0.320 e. The van der Waals surface area contributed by atoms with E-state index in [4.69, 9.17) is 5.73 Å². The molecule has 1 fully saturated rings. The molecule has 3 unspecified atom stereocenters. The number of nitrogens with zero attached hydrogens (tertiary/aromatic N) is 1. The molecule has 0 heterocycles. The quantitative estimate of drug-likeness (QED) is 0.409. The van der Waals surface area contributed by atoms with Gasteiger partial charge in [0.15, 0.2) is 0 Å². The van der Waals surface area contributed by atoms with Crippen molar-refractivity contribution in [3.05, 3.63) is 59.4 Å².